The standard InChI is InChI=1S/C17H19FN2O3/c1-11-4-6-15(16(8-11)22-3)23-14-7-5-12(9-13(14)18)20-17(21)10-19-2/h4-9,19H,10H2,1-3H3,(H,20,21). The van der Waals surface area contributed by atoms with Crippen molar-refractivity contribution >= 4 is 11.6 Å². The molecule has 6 heteroatoms. The number of ether oxygens (including phenoxy) is 2. The third-order valence-corrected chi connectivity index (χ3v) is 3.09. The second kappa shape index (κ2) is 7.60. The quantitative estimate of drug-likeness (QED) is 0.859. The maximum Gasteiger partial charge on any atom is 0.238 e. The van der Waals surface area contributed by atoms with E-state index in [1.54, 1.807) is 25.2 Å². The van der Waals surface area contributed by atoms with Gasteiger partial charge in [0.2, 0.25) is 5.91 Å². The molecule has 0 aromatic heterocycles. The minimum Gasteiger partial charge on any atom is -0.493 e. The van der Waals surface area contributed by atoms with Gasteiger partial charge in [0.05, 0.1) is 13.7 Å². The topological polar surface area (TPSA) is 59.6 Å². The summed E-state index contributed by atoms with van der Waals surface area (Å²) in [5, 5.41) is 5.30. The Labute approximate surface area is 134 Å². The van der Waals surface area contributed by atoms with Crippen molar-refractivity contribution in [2.45, 2.75) is 6.92 Å². The molecular formula is C17H19FN2O3. The summed E-state index contributed by atoms with van der Waals surface area (Å²) >= 11 is 0. The summed E-state index contributed by atoms with van der Waals surface area (Å²) in [7, 11) is 3.18. The molecule has 0 bridgehead atoms. The number of nitrogens with one attached hydrogen (secondary N) is 2. The average Bonchev–Trinajstić information content (AvgIpc) is 2.51. The highest BCUT2D eigenvalue weighted by atomic mass is 19.1. The number of rotatable bonds is 6. The van der Waals surface area contributed by atoms with E-state index >= 15 is 0 Å². The lowest BCUT2D eigenvalue weighted by Crippen LogP contribution is -2.25. The summed E-state index contributed by atoms with van der Waals surface area (Å²) < 4.78 is 25.0. The first-order valence-corrected chi connectivity index (χ1v) is 7.10. The van der Waals surface area contributed by atoms with Crippen LogP contribution in [0, 0.1) is 12.7 Å². The van der Waals surface area contributed by atoms with Crippen LogP contribution in [0.15, 0.2) is 36.4 Å². The third kappa shape index (κ3) is 4.43. The molecule has 0 aliphatic rings. The van der Waals surface area contributed by atoms with Gasteiger partial charge in [0.25, 0.3) is 0 Å². The fourth-order valence-corrected chi connectivity index (χ4v) is 2.00. The van der Waals surface area contributed by atoms with Gasteiger partial charge in [-0.25, -0.2) is 4.39 Å². The second-order valence-electron chi connectivity index (χ2n) is 4.98. The van der Waals surface area contributed by atoms with Crippen molar-refractivity contribution < 1.29 is 18.7 Å². The number of anilines is 1. The molecule has 0 spiro atoms. The van der Waals surface area contributed by atoms with E-state index in [2.05, 4.69) is 10.6 Å². The molecule has 0 aliphatic carbocycles. The van der Waals surface area contributed by atoms with Crippen molar-refractivity contribution in [3.8, 4) is 17.2 Å². The molecule has 2 rings (SSSR count). The van der Waals surface area contributed by atoms with E-state index < -0.39 is 5.82 Å². The SMILES string of the molecule is CNCC(=O)Nc1ccc(Oc2ccc(C)cc2OC)c(F)c1. The normalized spacial score (nSPS) is 10.3. The van der Waals surface area contributed by atoms with Crippen LogP contribution in [0.1, 0.15) is 5.56 Å². The predicted molar refractivity (Wildman–Crippen MR) is 86.8 cm³/mol. The van der Waals surface area contributed by atoms with Gasteiger partial charge in [0, 0.05) is 11.8 Å². The lowest BCUT2D eigenvalue weighted by atomic mass is 10.2. The largest absolute Gasteiger partial charge is 0.493 e. The molecule has 2 aromatic carbocycles. The summed E-state index contributed by atoms with van der Waals surface area (Å²) in [5.41, 5.74) is 1.38. The number of methoxy groups -OCH3 is 1. The van der Waals surface area contributed by atoms with E-state index in [4.69, 9.17) is 9.47 Å². The summed E-state index contributed by atoms with van der Waals surface area (Å²) in [6.07, 6.45) is 0. The lowest BCUT2D eigenvalue weighted by molar-refractivity contribution is -0.115. The summed E-state index contributed by atoms with van der Waals surface area (Å²) in [6.45, 7) is 2.08. The summed E-state index contributed by atoms with van der Waals surface area (Å²) in [5.74, 6) is 0.175. The van der Waals surface area contributed by atoms with Gasteiger partial charge in [0.15, 0.2) is 23.1 Å². The molecule has 122 valence electrons. The zero-order valence-corrected chi connectivity index (χ0v) is 13.3. The Morgan fingerprint density at radius 2 is 1.87 bits per heavy atom. The maximum atomic E-state index is 14.2. The Balaban J connectivity index is 2.17. The monoisotopic (exact) mass is 318 g/mol. The van der Waals surface area contributed by atoms with Crippen molar-refractivity contribution in [1.29, 1.82) is 0 Å². The van der Waals surface area contributed by atoms with Crippen molar-refractivity contribution in [1.82, 2.24) is 5.32 Å². The number of carbonyl (C=O) groups is 1. The highest BCUT2D eigenvalue weighted by molar-refractivity contribution is 5.92. The van der Waals surface area contributed by atoms with Crippen molar-refractivity contribution in [3.05, 3.63) is 47.8 Å². The number of benzene rings is 2. The molecule has 0 saturated heterocycles. The van der Waals surface area contributed by atoms with Crippen LogP contribution in [-0.4, -0.2) is 26.6 Å². The van der Waals surface area contributed by atoms with E-state index in [9.17, 15) is 9.18 Å². The average molecular weight is 318 g/mol. The third-order valence-electron chi connectivity index (χ3n) is 3.09. The predicted octanol–water partition coefficient (Wildman–Crippen LogP) is 3.09. The van der Waals surface area contributed by atoms with E-state index in [0.29, 0.717) is 17.2 Å². The minimum absolute atomic E-state index is 0.0544. The molecule has 2 aromatic rings. The molecule has 0 radical (unpaired) electrons. The number of amides is 1. The Bertz CT molecular complexity index is 704. The zero-order valence-electron chi connectivity index (χ0n) is 13.3. The van der Waals surface area contributed by atoms with Gasteiger partial charge < -0.3 is 20.1 Å². The number of carbonyl (C=O) groups excluding carboxylic acids is 1. The fraction of sp³-hybridized carbons (Fsp3) is 0.235. The first-order valence-electron chi connectivity index (χ1n) is 7.10. The van der Waals surface area contributed by atoms with Crippen LogP contribution in [0.25, 0.3) is 0 Å². The molecule has 5 nitrogen and oxygen atoms in total. The number of hydrogen-bond acceptors (Lipinski definition) is 4. The fourth-order valence-electron chi connectivity index (χ4n) is 2.00. The zero-order chi connectivity index (χ0) is 16.8. The van der Waals surface area contributed by atoms with Crippen LogP contribution in [0.4, 0.5) is 10.1 Å². The second-order valence-corrected chi connectivity index (χ2v) is 4.98. The lowest BCUT2D eigenvalue weighted by Gasteiger charge is -2.12. The van der Waals surface area contributed by atoms with Crippen molar-refractivity contribution in [3.63, 3.8) is 0 Å². The van der Waals surface area contributed by atoms with Crippen LogP contribution >= 0.6 is 0 Å². The van der Waals surface area contributed by atoms with Gasteiger partial charge in [0.1, 0.15) is 0 Å². The van der Waals surface area contributed by atoms with Crippen molar-refractivity contribution in [2.75, 3.05) is 26.0 Å². The van der Waals surface area contributed by atoms with Gasteiger partial charge in [-0.15, -0.1) is 0 Å². The van der Waals surface area contributed by atoms with Gasteiger partial charge in [-0.1, -0.05) is 6.07 Å². The molecule has 1 amide bonds. The van der Waals surface area contributed by atoms with E-state index in [0.717, 1.165) is 5.56 Å². The van der Waals surface area contributed by atoms with Gasteiger partial charge in [-0.05, 0) is 43.8 Å². The van der Waals surface area contributed by atoms with Crippen molar-refractivity contribution in [2.24, 2.45) is 0 Å². The first kappa shape index (κ1) is 16.8. The maximum absolute atomic E-state index is 14.2. The molecule has 0 aliphatic heterocycles. The Kier molecular flexibility index (Phi) is 5.54. The van der Waals surface area contributed by atoms with Gasteiger partial charge >= 0.3 is 0 Å². The molecule has 0 fully saturated rings. The highest BCUT2D eigenvalue weighted by Crippen LogP contribution is 2.34. The molecule has 0 atom stereocenters. The van der Waals surface area contributed by atoms with Crippen LogP contribution < -0.4 is 20.1 Å². The van der Waals surface area contributed by atoms with Gasteiger partial charge in [-0.2, -0.15) is 0 Å². The first-order chi connectivity index (χ1) is 11.0. The number of likely N-dealkylation sites (N-methyl/N-ethyl adjacent to an activating group) is 1. The number of halogens is 1. The molecule has 0 heterocycles. The Morgan fingerprint density at radius 1 is 1.13 bits per heavy atom. The molecule has 0 unspecified atom stereocenters. The molecule has 0 saturated carbocycles. The van der Waals surface area contributed by atoms with Gasteiger partial charge in [-0.3, -0.25) is 4.79 Å². The van der Waals surface area contributed by atoms with Crippen LogP contribution in [0.2, 0.25) is 0 Å². The molecule has 2 N–H and O–H groups in total. The smallest absolute Gasteiger partial charge is 0.238 e. The molecule has 23 heavy (non-hydrogen) atoms. The van der Waals surface area contributed by atoms with E-state index in [-0.39, 0.29) is 18.2 Å². The minimum atomic E-state index is -0.574. The Morgan fingerprint density at radius 3 is 2.52 bits per heavy atom. The summed E-state index contributed by atoms with van der Waals surface area (Å²) in [6, 6.07) is 9.62. The van der Waals surface area contributed by atoms with E-state index in [1.807, 2.05) is 13.0 Å². The van der Waals surface area contributed by atoms with Crippen LogP contribution in [-0.2, 0) is 4.79 Å². The Hall–Kier alpha value is -2.60. The van der Waals surface area contributed by atoms with E-state index in [1.165, 1.54) is 19.2 Å². The van der Waals surface area contributed by atoms with Crippen LogP contribution in [0.3, 0.4) is 0 Å². The number of hydrogen-bond donors (Lipinski definition) is 2. The number of aryl methyl sites for hydroxylation is 1. The van der Waals surface area contributed by atoms with Crippen LogP contribution in [0.5, 0.6) is 17.2 Å². The summed E-state index contributed by atoms with van der Waals surface area (Å²) in [4.78, 5) is 11.5. The molecular weight excluding hydrogens is 299 g/mol. The highest BCUT2D eigenvalue weighted by Gasteiger charge is 2.11.